The predicted molar refractivity (Wildman–Crippen MR) is 114 cm³/mol. The third kappa shape index (κ3) is 6.94. The van der Waals surface area contributed by atoms with Crippen LogP contribution in [-0.2, 0) is 15.8 Å². The standard InChI is InChI=1S/C21H19ClF4N4O5/c22-15-3-2-14(6-16(15)23)35-10-18(31)28-12-1-4-17(30(9-12)20(33)34)19(32)29-13-5-11(7-27-8-13)21(24,25)26/h2-3,5-8,12,17H,1,4,9-10H2,(H,28,31)(H,29,32)(H,33,34)/t12-,17+/m0/s1. The molecule has 3 rings (SSSR count). The number of anilines is 1. The third-order valence-corrected chi connectivity index (χ3v) is 5.40. The number of carbonyl (C=O) groups excluding carboxylic acids is 2. The van der Waals surface area contributed by atoms with Crippen LogP contribution in [0.2, 0.25) is 5.02 Å². The molecule has 0 unspecified atom stereocenters. The zero-order chi connectivity index (χ0) is 25.8. The quantitative estimate of drug-likeness (QED) is 0.503. The van der Waals surface area contributed by atoms with Crippen molar-refractivity contribution in [3.63, 3.8) is 0 Å². The summed E-state index contributed by atoms with van der Waals surface area (Å²) in [7, 11) is 0. The summed E-state index contributed by atoms with van der Waals surface area (Å²) in [5.41, 5.74) is -1.30. The summed E-state index contributed by atoms with van der Waals surface area (Å²) in [6, 6.07) is 2.48. The Bertz CT molecular complexity index is 1120. The van der Waals surface area contributed by atoms with Crippen LogP contribution in [0, 0.1) is 5.82 Å². The molecule has 188 valence electrons. The highest BCUT2D eigenvalue weighted by Crippen LogP contribution is 2.30. The monoisotopic (exact) mass is 518 g/mol. The van der Waals surface area contributed by atoms with Crippen molar-refractivity contribution in [2.24, 2.45) is 0 Å². The number of hydrogen-bond donors (Lipinski definition) is 3. The highest BCUT2D eigenvalue weighted by molar-refractivity contribution is 6.30. The molecular weight excluding hydrogens is 500 g/mol. The number of nitrogens with zero attached hydrogens (tertiary/aromatic N) is 2. The number of pyridine rings is 1. The van der Waals surface area contributed by atoms with Crippen molar-refractivity contribution >= 4 is 35.2 Å². The lowest BCUT2D eigenvalue weighted by Gasteiger charge is -2.37. The third-order valence-electron chi connectivity index (χ3n) is 5.09. The van der Waals surface area contributed by atoms with E-state index >= 15 is 0 Å². The molecule has 2 heterocycles. The van der Waals surface area contributed by atoms with Crippen molar-refractivity contribution < 1.29 is 41.8 Å². The lowest BCUT2D eigenvalue weighted by atomic mass is 9.97. The number of benzene rings is 1. The molecule has 9 nitrogen and oxygen atoms in total. The summed E-state index contributed by atoms with van der Waals surface area (Å²) in [6.45, 7) is -0.716. The molecular formula is C21H19ClF4N4O5. The molecule has 0 aliphatic carbocycles. The molecule has 1 aromatic carbocycles. The van der Waals surface area contributed by atoms with Gasteiger partial charge in [0, 0.05) is 24.8 Å². The van der Waals surface area contributed by atoms with Gasteiger partial charge in [0.2, 0.25) is 5.91 Å². The van der Waals surface area contributed by atoms with Crippen molar-refractivity contribution in [3.8, 4) is 5.75 Å². The zero-order valence-corrected chi connectivity index (χ0v) is 18.6. The summed E-state index contributed by atoms with van der Waals surface area (Å²) in [4.78, 5) is 40.7. The van der Waals surface area contributed by atoms with Crippen LogP contribution in [0.5, 0.6) is 5.75 Å². The van der Waals surface area contributed by atoms with E-state index in [1.807, 2.05) is 0 Å². The highest BCUT2D eigenvalue weighted by Gasteiger charge is 2.37. The molecule has 2 atom stereocenters. The fraction of sp³-hybridized carbons (Fsp3) is 0.333. The smallest absolute Gasteiger partial charge is 0.417 e. The number of ether oxygens (including phenoxy) is 1. The molecule has 1 aliphatic heterocycles. The van der Waals surface area contributed by atoms with Gasteiger partial charge in [0.25, 0.3) is 5.91 Å². The maximum absolute atomic E-state index is 13.4. The largest absolute Gasteiger partial charge is 0.484 e. The number of carboxylic acid groups (broad SMARTS) is 1. The molecule has 1 fully saturated rings. The fourth-order valence-corrected chi connectivity index (χ4v) is 3.56. The lowest BCUT2D eigenvalue weighted by Crippen LogP contribution is -2.57. The Labute approximate surface area is 201 Å². The van der Waals surface area contributed by atoms with E-state index in [0.29, 0.717) is 12.3 Å². The normalized spacial score (nSPS) is 18.0. The first kappa shape index (κ1) is 26.0. The molecule has 0 saturated carbocycles. The molecule has 0 bridgehead atoms. The van der Waals surface area contributed by atoms with Crippen molar-refractivity contribution in [1.29, 1.82) is 0 Å². The number of hydrogen-bond acceptors (Lipinski definition) is 5. The lowest BCUT2D eigenvalue weighted by molar-refractivity contribution is -0.138. The summed E-state index contributed by atoms with van der Waals surface area (Å²) in [5, 5.41) is 14.3. The van der Waals surface area contributed by atoms with Gasteiger partial charge in [0.05, 0.1) is 22.5 Å². The van der Waals surface area contributed by atoms with Gasteiger partial charge in [0.15, 0.2) is 6.61 Å². The molecule has 0 spiro atoms. The van der Waals surface area contributed by atoms with Gasteiger partial charge in [-0.15, -0.1) is 0 Å². The molecule has 14 heteroatoms. The number of aromatic nitrogens is 1. The first-order valence-corrected chi connectivity index (χ1v) is 10.5. The van der Waals surface area contributed by atoms with Gasteiger partial charge in [0.1, 0.15) is 17.6 Å². The minimum absolute atomic E-state index is 0.00127. The molecule has 35 heavy (non-hydrogen) atoms. The average molecular weight is 519 g/mol. The Morgan fingerprint density at radius 1 is 1.20 bits per heavy atom. The Balaban J connectivity index is 1.57. The van der Waals surface area contributed by atoms with E-state index in [0.717, 1.165) is 17.2 Å². The van der Waals surface area contributed by atoms with Gasteiger partial charge in [-0.2, -0.15) is 13.2 Å². The second-order valence-corrected chi connectivity index (χ2v) is 8.01. The van der Waals surface area contributed by atoms with Gasteiger partial charge in [-0.25, -0.2) is 9.18 Å². The van der Waals surface area contributed by atoms with E-state index in [9.17, 15) is 37.1 Å². The number of carbonyl (C=O) groups is 3. The molecule has 1 aromatic heterocycles. The van der Waals surface area contributed by atoms with Gasteiger partial charge < -0.3 is 20.5 Å². The van der Waals surface area contributed by atoms with Crippen LogP contribution in [0.4, 0.5) is 28.0 Å². The Morgan fingerprint density at radius 2 is 1.94 bits per heavy atom. The number of alkyl halides is 3. The average Bonchev–Trinajstić information content (AvgIpc) is 2.79. The minimum Gasteiger partial charge on any atom is -0.484 e. The van der Waals surface area contributed by atoms with Gasteiger partial charge >= 0.3 is 12.3 Å². The van der Waals surface area contributed by atoms with Crippen molar-refractivity contribution in [2.45, 2.75) is 31.1 Å². The van der Waals surface area contributed by atoms with E-state index in [1.165, 1.54) is 12.1 Å². The van der Waals surface area contributed by atoms with Crippen LogP contribution in [-0.4, -0.2) is 58.1 Å². The van der Waals surface area contributed by atoms with Crippen LogP contribution in [0.15, 0.2) is 36.7 Å². The van der Waals surface area contributed by atoms with Crippen LogP contribution >= 0.6 is 11.6 Å². The highest BCUT2D eigenvalue weighted by atomic mass is 35.5. The number of rotatable bonds is 6. The van der Waals surface area contributed by atoms with Crippen LogP contribution < -0.4 is 15.4 Å². The number of amides is 3. The fourth-order valence-electron chi connectivity index (χ4n) is 3.45. The van der Waals surface area contributed by atoms with E-state index in [-0.39, 0.29) is 35.8 Å². The Hall–Kier alpha value is -3.61. The summed E-state index contributed by atoms with van der Waals surface area (Å²) >= 11 is 5.58. The summed E-state index contributed by atoms with van der Waals surface area (Å²) < 4.78 is 57.2. The van der Waals surface area contributed by atoms with E-state index < -0.39 is 54.2 Å². The Morgan fingerprint density at radius 3 is 2.60 bits per heavy atom. The van der Waals surface area contributed by atoms with Gasteiger partial charge in [-0.1, -0.05) is 11.6 Å². The van der Waals surface area contributed by atoms with Crippen LogP contribution in [0.1, 0.15) is 18.4 Å². The molecule has 3 amide bonds. The first-order valence-electron chi connectivity index (χ1n) is 10.1. The Kier molecular flexibility index (Phi) is 7.99. The van der Waals surface area contributed by atoms with Crippen LogP contribution in [0.25, 0.3) is 0 Å². The molecule has 3 N–H and O–H groups in total. The zero-order valence-electron chi connectivity index (χ0n) is 17.8. The van der Waals surface area contributed by atoms with Crippen LogP contribution in [0.3, 0.4) is 0 Å². The second kappa shape index (κ2) is 10.8. The number of piperidine rings is 1. The molecule has 0 radical (unpaired) electrons. The van der Waals surface area contributed by atoms with E-state index in [4.69, 9.17) is 16.3 Å². The summed E-state index contributed by atoms with van der Waals surface area (Å²) in [6.07, 6.45) is -4.29. The number of halogens is 5. The number of nitrogens with one attached hydrogen (secondary N) is 2. The first-order chi connectivity index (χ1) is 16.4. The molecule has 1 saturated heterocycles. The second-order valence-electron chi connectivity index (χ2n) is 7.61. The SMILES string of the molecule is O=C(COc1ccc(Cl)c(F)c1)N[C@H]1CC[C@H](C(=O)Nc2cncc(C(F)(F)F)c2)N(C(=O)O)C1. The van der Waals surface area contributed by atoms with Crippen molar-refractivity contribution in [1.82, 2.24) is 15.2 Å². The topological polar surface area (TPSA) is 121 Å². The predicted octanol–water partition coefficient (Wildman–Crippen LogP) is 3.54. The number of likely N-dealkylation sites (tertiary alicyclic amines) is 1. The minimum atomic E-state index is -4.66. The maximum Gasteiger partial charge on any atom is 0.417 e. The molecule has 1 aliphatic rings. The molecule has 2 aromatic rings. The van der Waals surface area contributed by atoms with E-state index in [2.05, 4.69) is 15.6 Å². The maximum atomic E-state index is 13.4. The van der Waals surface area contributed by atoms with E-state index in [1.54, 1.807) is 0 Å². The van der Waals surface area contributed by atoms with Gasteiger partial charge in [-0.05, 0) is 31.0 Å². The van der Waals surface area contributed by atoms with Crippen molar-refractivity contribution in [3.05, 3.63) is 53.1 Å². The van der Waals surface area contributed by atoms with Crippen molar-refractivity contribution in [2.75, 3.05) is 18.5 Å². The summed E-state index contributed by atoms with van der Waals surface area (Å²) in [5.74, 6) is -2.09. The van der Waals surface area contributed by atoms with Gasteiger partial charge in [-0.3, -0.25) is 19.5 Å².